The highest BCUT2D eigenvalue weighted by molar-refractivity contribution is 7.14. The van der Waals surface area contributed by atoms with E-state index in [1.807, 2.05) is 31.2 Å². The van der Waals surface area contributed by atoms with Crippen LogP contribution >= 0.6 is 11.3 Å². The Morgan fingerprint density at radius 2 is 1.90 bits per heavy atom. The summed E-state index contributed by atoms with van der Waals surface area (Å²) in [6.07, 6.45) is 6.08. The molecule has 1 aliphatic rings. The third-order valence-corrected chi connectivity index (χ3v) is 5.13. The van der Waals surface area contributed by atoms with Gasteiger partial charge < -0.3 is 4.74 Å². The van der Waals surface area contributed by atoms with Crippen LogP contribution in [-0.4, -0.2) is 12.4 Å². The van der Waals surface area contributed by atoms with Gasteiger partial charge in [-0.05, 0) is 68.5 Å². The average molecular weight is 300 g/mol. The van der Waals surface area contributed by atoms with Crippen LogP contribution < -0.4 is 4.74 Å². The molecule has 3 rings (SSSR count). The summed E-state index contributed by atoms with van der Waals surface area (Å²) in [6.45, 7) is 2.60. The summed E-state index contributed by atoms with van der Waals surface area (Å²) in [6, 6.07) is 9.57. The molecule has 0 saturated heterocycles. The first kappa shape index (κ1) is 14.3. The maximum absolute atomic E-state index is 12.6. The number of hydrogen-bond acceptors (Lipinski definition) is 3. The molecule has 1 aromatic heterocycles. The number of ketones is 1. The Hall–Kier alpha value is -1.61. The number of carbonyl (C=O) groups is 1. The summed E-state index contributed by atoms with van der Waals surface area (Å²) in [5.74, 6) is 0.951. The minimum absolute atomic E-state index is 0.135. The highest BCUT2D eigenvalue weighted by Crippen LogP contribution is 2.30. The molecule has 0 N–H and O–H groups in total. The van der Waals surface area contributed by atoms with Crippen LogP contribution in [0.1, 0.15) is 51.9 Å². The van der Waals surface area contributed by atoms with Gasteiger partial charge in [-0.25, -0.2) is 0 Å². The van der Waals surface area contributed by atoms with Gasteiger partial charge in [-0.1, -0.05) is 6.42 Å². The zero-order chi connectivity index (χ0) is 14.7. The summed E-state index contributed by atoms with van der Waals surface area (Å²) in [5, 5.41) is 0. The normalized spacial score (nSPS) is 14.3. The maximum atomic E-state index is 12.6. The van der Waals surface area contributed by atoms with Gasteiger partial charge in [0.2, 0.25) is 5.78 Å². The lowest BCUT2D eigenvalue weighted by Crippen LogP contribution is -1.99. The first-order chi connectivity index (χ1) is 10.3. The van der Waals surface area contributed by atoms with Crippen LogP contribution in [0, 0.1) is 0 Å². The summed E-state index contributed by atoms with van der Waals surface area (Å²) >= 11 is 1.69. The number of rotatable bonds is 4. The van der Waals surface area contributed by atoms with Crippen molar-refractivity contribution in [2.24, 2.45) is 0 Å². The average Bonchev–Trinajstić information content (AvgIpc) is 2.79. The molecule has 0 saturated carbocycles. The Labute approximate surface area is 129 Å². The van der Waals surface area contributed by atoms with E-state index in [4.69, 9.17) is 4.74 Å². The van der Waals surface area contributed by atoms with E-state index in [2.05, 4.69) is 6.07 Å². The molecule has 1 aliphatic carbocycles. The zero-order valence-electron chi connectivity index (χ0n) is 12.4. The maximum Gasteiger partial charge on any atom is 0.202 e. The van der Waals surface area contributed by atoms with Crippen molar-refractivity contribution in [2.75, 3.05) is 6.61 Å². The first-order valence-electron chi connectivity index (χ1n) is 7.67. The molecule has 0 bridgehead atoms. The SMILES string of the molecule is CCOc1ccc(C(=O)c2cc3c(s2)CCCCC3)cc1. The predicted octanol–water partition coefficient (Wildman–Crippen LogP) is 4.65. The fraction of sp³-hybridized carbons (Fsp3) is 0.389. The quantitative estimate of drug-likeness (QED) is 0.607. The van der Waals surface area contributed by atoms with Crippen LogP contribution in [0.3, 0.4) is 0 Å². The Kier molecular flexibility index (Phi) is 4.39. The van der Waals surface area contributed by atoms with Crippen LogP contribution in [0.25, 0.3) is 0 Å². The highest BCUT2D eigenvalue weighted by Gasteiger charge is 2.17. The van der Waals surface area contributed by atoms with Crippen molar-refractivity contribution in [1.29, 1.82) is 0 Å². The predicted molar refractivity (Wildman–Crippen MR) is 86.6 cm³/mol. The van der Waals surface area contributed by atoms with Crippen molar-refractivity contribution in [3.05, 3.63) is 51.2 Å². The Balaban J connectivity index is 1.81. The number of aryl methyl sites for hydroxylation is 2. The van der Waals surface area contributed by atoms with E-state index in [0.717, 1.165) is 29.0 Å². The van der Waals surface area contributed by atoms with E-state index in [-0.39, 0.29) is 5.78 Å². The third kappa shape index (κ3) is 3.18. The highest BCUT2D eigenvalue weighted by atomic mass is 32.1. The monoisotopic (exact) mass is 300 g/mol. The lowest BCUT2D eigenvalue weighted by molar-refractivity contribution is 0.104. The van der Waals surface area contributed by atoms with E-state index in [9.17, 15) is 4.79 Å². The number of benzene rings is 1. The molecule has 0 unspecified atom stereocenters. The van der Waals surface area contributed by atoms with E-state index in [1.165, 1.54) is 29.7 Å². The van der Waals surface area contributed by atoms with Gasteiger partial charge >= 0.3 is 0 Å². The smallest absolute Gasteiger partial charge is 0.202 e. The fourth-order valence-corrected chi connectivity index (χ4v) is 4.01. The van der Waals surface area contributed by atoms with Crippen molar-refractivity contribution < 1.29 is 9.53 Å². The second kappa shape index (κ2) is 6.44. The molecule has 2 aromatic rings. The second-order valence-corrected chi connectivity index (χ2v) is 6.54. The van der Waals surface area contributed by atoms with Crippen LogP contribution in [0.15, 0.2) is 30.3 Å². The van der Waals surface area contributed by atoms with E-state index in [0.29, 0.717) is 6.61 Å². The minimum atomic E-state index is 0.135. The van der Waals surface area contributed by atoms with Crippen LogP contribution in [-0.2, 0) is 12.8 Å². The fourth-order valence-electron chi connectivity index (χ4n) is 2.79. The van der Waals surface area contributed by atoms with Crippen LogP contribution in [0.2, 0.25) is 0 Å². The molecule has 0 spiro atoms. The Morgan fingerprint density at radius 1 is 1.14 bits per heavy atom. The largest absolute Gasteiger partial charge is 0.494 e. The zero-order valence-corrected chi connectivity index (χ0v) is 13.2. The minimum Gasteiger partial charge on any atom is -0.494 e. The van der Waals surface area contributed by atoms with Gasteiger partial charge in [-0.3, -0.25) is 4.79 Å². The summed E-state index contributed by atoms with van der Waals surface area (Å²) in [5.41, 5.74) is 2.14. The Bertz CT molecular complexity index is 602. The molecule has 2 nitrogen and oxygen atoms in total. The summed E-state index contributed by atoms with van der Waals surface area (Å²) in [4.78, 5) is 14.9. The molecule has 1 aromatic carbocycles. The number of ether oxygens (including phenoxy) is 1. The third-order valence-electron chi connectivity index (χ3n) is 3.90. The van der Waals surface area contributed by atoms with Gasteiger partial charge in [0, 0.05) is 10.4 Å². The second-order valence-electron chi connectivity index (χ2n) is 5.41. The number of hydrogen-bond donors (Lipinski definition) is 0. The lowest BCUT2D eigenvalue weighted by Gasteiger charge is -2.03. The first-order valence-corrected chi connectivity index (χ1v) is 8.48. The molecule has 0 aliphatic heterocycles. The topological polar surface area (TPSA) is 26.3 Å². The van der Waals surface area contributed by atoms with Gasteiger partial charge in [0.15, 0.2) is 0 Å². The van der Waals surface area contributed by atoms with E-state index >= 15 is 0 Å². The van der Waals surface area contributed by atoms with Crippen molar-refractivity contribution in [1.82, 2.24) is 0 Å². The molecule has 110 valence electrons. The Morgan fingerprint density at radius 3 is 2.67 bits per heavy atom. The van der Waals surface area contributed by atoms with E-state index in [1.54, 1.807) is 11.3 Å². The molecule has 0 amide bonds. The van der Waals surface area contributed by atoms with Crippen molar-refractivity contribution in [2.45, 2.75) is 39.0 Å². The van der Waals surface area contributed by atoms with Crippen molar-refractivity contribution >= 4 is 17.1 Å². The summed E-state index contributed by atoms with van der Waals surface area (Å²) in [7, 11) is 0. The molecule has 0 radical (unpaired) electrons. The van der Waals surface area contributed by atoms with Crippen LogP contribution in [0.5, 0.6) is 5.75 Å². The molecule has 0 atom stereocenters. The van der Waals surface area contributed by atoms with Gasteiger partial charge in [0.25, 0.3) is 0 Å². The lowest BCUT2D eigenvalue weighted by atomic mass is 10.1. The number of thiophene rings is 1. The standard InChI is InChI=1S/C18H20O2S/c1-2-20-15-10-8-13(9-11-15)18(19)17-12-14-6-4-3-5-7-16(14)21-17/h8-12H,2-7H2,1H3. The molecule has 0 fully saturated rings. The number of carbonyl (C=O) groups excluding carboxylic acids is 1. The van der Waals surface area contributed by atoms with Crippen LogP contribution in [0.4, 0.5) is 0 Å². The molecule has 3 heteroatoms. The molecule has 21 heavy (non-hydrogen) atoms. The molecular weight excluding hydrogens is 280 g/mol. The van der Waals surface area contributed by atoms with Crippen molar-refractivity contribution in [3.8, 4) is 5.75 Å². The number of fused-ring (bicyclic) bond motifs is 1. The van der Waals surface area contributed by atoms with E-state index < -0.39 is 0 Å². The van der Waals surface area contributed by atoms with Gasteiger partial charge in [-0.15, -0.1) is 11.3 Å². The van der Waals surface area contributed by atoms with Gasteiger partial charge in [0.1, 0.15) is 5.75 Å². The molecular formula is C18H20O2S. The van der Waals surface area contributed by atoms with Gasteiger partial charge in [0.05, 0.1) is 11.5 Å². The summed E-state index contributed by atoms with van der Waals surface area (Å²) < 4.78 is 5.42. The molecule has 1 heterocycles. The van der Waals surface area contributed by atoms with Gasteiger partial charge in [-0.2, -0.15) is 0 Å². The van der Waals surface area contributed by atoms with Crippen molar-refractivity contribution in [3.63, 3.8) is 0 Å².